The number of hydrogen-bond donors (Lipinski definition) is 0. The molecule has 0 unspecified atom stereocenters. The van der Waals surface area contributed by atoms with Gasteiger partial charge in [0.25, 0.3) is 0 Å². The third kappa shape index (κ3) is 6.63. The predicted molar refractivity (Wildman–Crippen MR) is 120 cm³/mol. The number of hydrogen-bond acceptors (Lipinski definition) is 4. The van der Waals surface area contributed by atoms with Gasteiger partial charge in [0.2, 0.25) is 0 Å². The van der Waals surface area contributed by atoms with Gasteiger partial charge in [-0.2, -0.15) is 20.5 Å². The van der Waals surface area contributed by atoms with Gasteiger partial charge in [-0.05, 0) is 49.6 Å². The lowest BCUT2D eigenvalue weighted by molar-refractivity contribution is 0.0354. The van der Waals surface area contributed by atoms with Gasteiger partial charge in [-0.15, -0.1) is 0 Å². The minimum Gasteiger partial charge on any atom is -0.304 e. The van der Waals surface area contributed by atoms with E-state index in [1.54, 1.807) is 23.9 Å². The van der Waals surface area contributed by atoms with Crippen LogP contribution in [0.5, 0.6) is 0 Å². The largest absolute Gasteiger partial charge is 0.404 e. The molecule has 2 rings (SSSR count). The highest BCUT2D eigenvalue weighted by molar-refractivity contribution is 9.10. The Morgan fingerprint density at radius 2 is 1.69 bits per heavy atom. The van der Waals surface area contributed by atoms with Gasteiger partial charge in [-0.25, -0.2) is 0 Å². The van der Waals surface area contributed by atoms with Crippen LogP contribution in [0, 0.1) is 0 Å². The summed E-state index contributed by atoms with van der Waals surface area (Å²) in [6.07, 6.45) is 2.07. The van der Waals surface area contributed by atoms with Crippen LogP contribution in [0.4, 0.5) is 8.78 Å². The second-order valence-corrected chi connectivity index (χ2v) is 10.4. The summed E-state index contributed by atoms with van der Waals surface area (Å²) in [4.78, 5) is 0. The molecule has 0 radical (unpaired) electrons. The SMILES string of the molecule is CCOP(=O)(OCC)C(F)(F)c1ccc(CSCCCc2ccccc2)cc1Br. The molecule has 29 heavy (non-hydrogen) atoms. The van der Waals surface area contributed by atoms with Gasteiger partial charge in [0.05, 0.1) is 13.2 Å². The first-order valence-corrected chi connectivity index (χ1v) is 13.0. The molecule has 0 aliphatic carbocycles. The Bertz CT molecular complexity index is 811. The summed E-state index contributed by atoms with van der Waals surface area (Å²) >= 11 is 4.97. The van der Waals surface area contributed by atoms with Gasteiger partial charge in [0.15, 0.2) is 0 Å². The highest BCUT2D eigenvalue weighted by Crippen LogP contribution is 2.67. The van der Waals surface area contributed by atoms with Crippen molar-refractivity contribution in [2.75, 3.05) is 19.0 Å². The van der Waals surface area contributed by atoms with Crippen molar-refractivity contribution in [2.45, 2.75) is 38.1 Å². The minimum atomic E-state index is -4.61. The number of alkyl halides is 2. The highest BCUT2D eigenvalue weighted by Gasteiger charge is 2.55. The summed E-state index contributed by atoms with van der Waals surface area (Å²) in [5.41, 5.74) is -1.89. The van der Waals surface area contributed by atoms with Crippen molar-refractivity contribution in [2.24, 2.45) is 0 Å². The standard InChI is InChI=1S/C21H26BrF2O3PS/c1-3-26-28(25,27-4-2)21(23,24)19-13-12-18(15-20(19)22)16-29-14-8-11-17-9-6-5-7-10-17/h5-7,9-10,12-13,15H,3-4,8,11,14,16H2,1-2H3. The van der Waals surface area contributed by atoms with Gasteiger partial charge in [-0.3, -0.25) is 4.57 Å². The smallest absolute Gasteiger partial charge is 0.304 e. The molecule has 0 amide bonds. The Morgan fingerprint density at radius 3 is 2.28 bits per heavy atom. The third-order valence-electron chi connectivity index (χ3n) is 4.17. The van der Waals surface area contributed by atoms with E-state index in [1.807, 2.05) is 18.2 Å². The molecule has 0 bridgehead atoms. The minimum absolute atomic E-state index is 0.123. The first-order chi connectivity index (χ1) is 13.8. The van der Waals surface area contributed by atoms with E-state index in [2.05, 4.69) is 28.1 Å². The molecule has 2 aromatic rings. The molecule has 0 aromatic heterocycles. The molecule has 3 nitrogen and oxygen atoms in total. The molecule has 2 aromatic carbocycles. The third-order valence-corrected chi connectivity index (χ3v) is 8.06. The summed E-state index contributed by atoms with van der Waals surface area (Å²) < 4.78 is 52.4. The van der Waals surface area contributed by atoms with Crippen LogP contribution < -0.4 is 0 Å². The topological polar surface area (TPSA) is 35.5 Å². The molecule has 0 saturated carbocycles. The normalized spacial score (nSPS) is 12.3. The van der Waals surface area contributed by atoms with Crippen LogP contribution in [0.25, 0.3) is 0 Å². The molecule has 0 aliphatic heterocycles. The second kappa shape index (κ2) is 11.6. The zero-order chi connectivity index (χ0) is 21.3. The summed E-state index contributed by atoms with van der Waals surface area (Å²) in [5.74, 6) is 1.70. The molecular formula is C21H26BrF2O3PS. The summed E-state index contributed by atoms with van der Waals surface area (Å²) in [6.45, 7) is 2.77. The van der Waals surface area contributed by atoms with E-state index in [-0.39, 0.29) is 23.2 Å². The van der Waals surface area contributed by atoms with Crippen LogP contribution in [-0.2, 0) is 31.4 Å². The highest BCUT2D eigenvalue weighted by atomic mass is 79.9. The number of aryl methyl sites for hydroxylation is 1. The van der Waals surface area contributed by atoms with E-state index in [0.29, 0.717) is 5.75 Å². The first kappa shape index (κ1) is 24.5. The van der Waals surface area contributed by atoms with Crippen LogP contribution >= 0.6 is 35.3 Å². The van der Waals surface area contributed by atoms with Gasteiger partial charge in [-0.1, -0.05) is 58.4 Å². The maximum absolute atomic E-state index is 14.9. The molecule has 0 atom stereocenters. The van der Waals surface area contributed by atoms with E-state index >= 15 is 0 Å². The molecule has 0 spiro atoms. The quantitative estimate of drug-likeness (QED) is 0.219. The molecule has 0 N–H and O–H groups in total. The van der Waals surface area contributed by atoms with Gasteiger partial charge >= 0.3 is 13.3 Å². The number of thioether (sulfide) groups is 1. The number of rotatable bonds is 12. The van der Waals surface area contributed by atoms with Gasteiger partial charge < -0.3 is 9.05 Å². The molecule has 0 heterocycles. The lowest BCUT2D eigenvalue weighted by Crippen LogP contribution is -2.19. The fraction of sp³-hybridized carbons (Fsp3) is 0.429. The number of halogens is 3. The zero-order valence-electron chi connectivity index (χ0n) is 16.6. The van der Waals surface area contributed by atoms with Crippen molar-refractivity contribution in [1.82, 2.24) is 0 Å². The van der Waals surface area contributed by atoms with Crippen molar-refractivity contribution < 1.29 is 22.4 Å². The lowest BCUT2D eigenvalue weighted by Gasteiger charge is -2.26. The van der Waals surface area contributed by atoms with Crippen LogP contribution in [0.3, 0.4) is 0 Å². The van der Waals surface area contributed by atoms with E-state index in [9.17, 15) is 13.3 Å². The fourth-order valence-corrected chi connectivity index (χ4v) is 6.10. The summed E-state index contributed by atoms with van der Waals surface area (Å²) in [5, 5.41) is 0. The molecule has 8 heteroatoms. The fourth-order valence-electron chi connectivity index (χ4n) is 2.79. The van der Waals surface area contributed by atoms with Crippen LogP contribution in [0.15, 0.2) is 53.0 Å². The summed E-state index contributed by atoms with van der Waals surface area (Å²) in [6, 6.07) is 14.9. The Kier molecular flexibility index (Phi) is 9.83. The average molecular weight is 507 g/mol. The van der Waals surface area contributed by atoms with Crippen molar-refractivity contribution in [3.8, 4) is 0 Å². The van der Waals surface area contributed by atoms with E-state index in [4.69, 9.17) is 9.05 Å². The van der Waals surface area contributed by atoms with Crippen LogP contribution in [-0.4, -0.2) is 19.0 Å². The van der Waals surface area contributed by atoms with Crippen molar-refractivity contribution >= 4 is 35.3 Å². The maximum atomic E-state index is 14.9. The zero-order valence-corrected chi connectivity index (χ0v) is 19.9. The lowest BCUT2D eigenvalue weighted by atomic mass is 10.1. The van der Waals surface area contributed by atoms with Crippen molar-refractivity contribution in [3.05, 3.63) is 69.7 Å². The van der Waals surface area contributed by atoms with E-state index in [0.717, 1.165) is 24.2 Å². The van der Waals surface area contributed by atoms with Crippen molar-refractivity contribution in [1.29, 1.82) is 0 Å². The molecule has 160 valence electrons. The molecule has 0 saturated heterocycles. The first-order valence-electron chi connectivity index (χ1n) is 9.51. The molecule has 0 aliphatic rings. The van der Waals surface area contributed by atoms with Gasteiger partial charge in [0, 0.05) is 15.8 Å². The Hall–Kier alpha value is -0.720. The monoisotopic (exact) mass is 506 g/mol. The van der Waals surface area contributed by atoms with Gasteiger partial charge in [0.1, 0.15) is 0 Å². The van der Waals surface area contributed by atoms with Crippen LogP contribution in [0.1, 0.15) is 37.0 Å². The second-order valence-electron chi connectivity index (χ2n) is 6.33. The summed E-state index contributed by atoms with van der Waals surface area (Å²) in [7, 11) is -4.61. The Morgan fingerprint density at radius 1 is 1.03 bits per heavy atom. The number of benzene rings is 2. The maximum Gasteiger partial charge on any atom is 0.404 e. The van der Waals surface area contributed by atoms with Crippen molar-refractivity contribution in [3.63, 3.8) is 0 Å². The Labute approximate surface area is 184 Å². The van der Waals surface area contributed by atoms with E-state index < -0.39 is 13.3 Å². The molecular weight excluding hydrogens is 481 g/mol. The van der Waals surface area contributed by atoms with E-state index in [1.165, 1.54) is 25.5 Å². The Balaban J connectivity index is 1.97. The average Bonchev–Trinajstić information content (AvgIpc) is 2.68. The van der Waals surface area contributed by atoms with Crippen LogP contribution in [0.2, 0.25) is 0 Å². The molecule has 0 fully saturated rings. The predicted octanol–water partition coefficient (Wildman–Crippen LogP) is 7.63.